The summed E-state index contributed by atoms with van der Waals surface area (Å²) in [6.45, 7) is 7.46. The summed E-state index contributed by atoms with van der Waals surface area (Å²) < 4.78 is 0. The van der Waals surface area contributed by atoms with E-state index in [4.69, 9.17) is 5.73 Å². The molecule has 2 atom stereocenters. The molecule has 2 aromatic carbocycles. The summed E-state index contributed by atoms with van der Waals surface area (Å²) in [5.41, 5.74) is 11.9. The molecule has 22 heavy (non-hydrogen) atoms. The number of rotatable bonds is 3. The van der Waals surface area contributed by atoms with Crippen LogP contribution in [0, 0.1) is 13.8 Å². The summed E-state index contributed by atoms with van der Waals surface area (Å²) in [7, 11) is 0. The predicted molar refractivity (Wildman–Crippen MR) is 93.0 cm³/mol. The first-order valence-electron chi connectivity index (χ1n) is 8.21. The maximum Gasteiger partial charge on any atom is 0.0237 e. The first-order chi connectivity index (χ1) is 10.6. The van der Waals surface area contributed by atoms with Gasteiger partial charge in [0.1, 0.15) is 0 Å². The lowest BCUT2D eigenvalue weighted by molar-refractivity contribution is 0.181. The molecule has 2 N–H and O–H groups in total. The summed E-state index contributed by atoms with van der Waals surface area (Å²) in [6.07, 6.45) is 1.09. The molecule has 2 nitrogen and oxygen atoms in total. The van der Waals surface area contributed by atoms with Crippen LogP contribution in [0.4, 0.5) is 0 Å². The van der Waals surface area contributed by atoms with Gasteiger partial charge in [0.2, 0.25) is 0 Å². The van der Waals surface area contributed by atoms with Crippen LogP contribution < -0.4 is 5.73 Å². The van der Waals surface area contributed by atoms with Crippen LogP contribution in [-0.2, 0) is 6.54 Å². The summed E-state index contributed by atoms with van der Waals surface area (Å²) in [6, 6.07) is 17.8. The molecule has 0 radical (unpaired) electrons. The number of hydrogen-bond donors (Lipinski definition) is 1. The van der Waals surface area contributed by atoms with Gasteiger partial charge in [-0.25, -0.2) is 0 Å². The van der Waals surface area contributed by atoms with E-state index in [1.54, 1.807) is 0 Å². The fourth-order valence-electron chi connectivity index (χ4n) is 3.59. The standard InChI is InChI=1S/C20H26N2/c1-15-8-9-18(16(2)10-15)12-22-13-19(11-20(21)14-22)17-6-4-3-5-7-17/h3-10,19-20H,11-14,21H2,1-2H3. The first-order valence-corrected chi connectivity index (χ1v) is 8.21. The lowest BCUT2D eigenvalue weighted by atomic mass is 9.88. The highest BCUT2D eigenvalue weighted by Crippen LogP contribution is 2.27. The molecular formula is C20H26N2. The van der Waals surface area contributed by atoms with E-state index >= 15 is 0 Å². The SMILES string of the molecule is Cc1ccc(CN2CC(N)CC(c3ccccc3)C2)c(C)c1. The first kappa shape index (κ1) is 15.3. The third kappa shape index (κ3) is 3.57. The van der Waals surface area contributed by atoms with Gasteiger partial charge >= 0.3 is 0 Å². The Morgan fingerprint density at radius 2 is 1.82 bits per heavy atom. The van der Waals surface area contributed by atoms with Crippen LogP contribution in [0.15, 0.2) is 48.5 Å². The highest BCUT2D eigenvalue weighted by Gasteiger charge is 2.26. The zero-order valence-electron chi connectivity index (χ0n) is 13.6. The monoisotopic (exact) mass is 294 g/mol. The van der Waals surface area contributed by atoms with Crippen LogP contribution >= 0.6 is 0 Å². The minimum Gasteiger partial charge on any atom is -0.327 e. The second kappa shape index (κ2) is 6.64. The summed E-state index contributed by atoms with van der Waals surface area (Å²) in [5, 5.41) is 0. The lowest BCUT2D eigenvalue weighted by Crippen LogP contribution is -2.45. The van der Waals surface area contributed by atoms with Gasteiger partial charge in [0.05, 0.1) is 0 Å². The molecular weight excluding hydrogens is 268 g/mol. The number of nitrogens with two attached hydrogens (primary N) is 1. The zero-order chi connectivity index (χ0) is 15.5. The van der Waals surface area contributed by atoms with Gasteiger partial charge in [-0.3, -0.25) is 4.90 Å². The van der Waals surface area contributed by atoms with Crippen molar-refractivity contribution in [1.29, 1.82) is 0 Å². The second-order valence-corrected chi connectivity index (χ2v) is 6.73. The van der Waals surface area contributed by atoms with Crippen LogP contribution in [0.3, 0.4) is 0 Å². The van der Waals surface area contributed by atoms with E-state index in [1.165, 1.54) is 22.3 Å². The second-order valence-electron chi connectivity index (χ2n) is 6.73. The minimum atomic E-state index is 0.268. The van der Waals surface area contributed by atoms with E-state index in [-0.39, 0.29) is 6.04 Å². The lowest BCUT2D eigenvalue weighted by Gasteiger charge is -2.37. The maximum atomic E-state index is 6.33. The van der Waals surface area contributed by atoms with Crippen LogP contribution in [-0.4, -0.2) is 24.0 Å². The van der Waals surface area contributed by atoms with Crippen molar-refractivity contribution in [2.75, 3.05) is 13.1 Å². The fourth-order valence-corrected chi connectivity index (χ4v) is 3.59. The van der Waals surface area contributed by atoms with Crippen LogP contribution in [0.5, 0.6) is 0 Å². The Kier molecular flexibility index (Phi) is 4.60. The number of benzene rings is 2. The molecule has 1 aliphatic heterocycles. The molecule has 3 rings (SSSR count). The number of aryl methyl sites for hydroxylation is 2. The third-order valence-corrected chi connectivity index (χ3v) is 4.72. The molecule has 2 unspecified atom stereocenters. The van der Waals surface area contributed by atoms with E-state index in [1.807, 2.05) is 0 Å². The molecule has 116 valence electrons. The van der Waals surface area contributed by atoms with E-state index in [0.717, 1.165) is 26.1 Å². The molecule has 1 saturated heterocycles. The number of piperidine rings is 1. The Bertz CT molecular complexity index is 621. The Morgan fingerprint density at radius 3 is 2.55 bits per heavy atom. The largest absolute Gasteiger partial charge is 0.327 e. The average molecular weight is 294 g/mol. The molecule has 1 heterocycles. The smallest absolute Gasteiger partial charge is 0.0237 e. The van der Waals surface area contributed by atoms with Gasteiger partial charge in [-0.05, 0) is 42.9 Å². The van der Waals surface area contributed by atoms with Gasteiger partial charge in [0, 0.05) is 25.7 Å². The van der Waals surface area contributed by atoms with Crippen molar-refractivity contribution in [3.63, 3.8) is 0 Å². The molecule has 2 heteroatoms. The van der Waals surface area contributed by atoms with Crippen molar-refractivity contribution in [2.24, 2.45) is 5.73 Å². The zero-order valence-corrected chi connectivity index (χ0v) is 13.6. The van der Waals surface area contributed by atoms with Crippen molar-refractivity contribution < 1.29 is 0 Å². The Balaban J connectivity index is 1.73. The normalized spacial score (nSPS) is 22.7. The van der Waals surface area contributed by atoms with Crippen molar-refractivity contribution in [1.82, 2.24) is 4.90 Å². The number of nitrogens with zero attached hydrogens (tertiary/aromatic N) is 1. The number of hydrogen-bond acceptors (Lipinski definition) is 2. The van der Waals surface area contributed by atoms with Gasteiger partial charge < -0.3 is 5.73 Å². The van der Waals surface area contributed by atoms with Crippen LogP contribution in [0.25, 0.3) is 0 Å². The summed E-state index contributed by atoms with van der Waals surface area (Å²) >= 11 is 0. The molecule has 1 fully saturated rings. The Hall–Kier alpha value is -1.64. The van der Waals surface area contributed by atoms with Crippen molar-refractivity contribution in [3.05, 3.63) is 70.8 Å². The van der Waals surface area contributed by atoms with Crippen molar-refractivity contribution >= 4 is 0 Å². The Morgan fingerprint density at radius 1 is 1.05 bits per heavy atom. The topological polar surface area (TPSA) is 29.3 Å². The van der Waals surface area contributed by atoms with Crippen molar-refractivity contribution in [2.45, 2.75) is 38.8 Å². The van der Waals surface area contributed by atoms with Crippen LogP contribution in [0.1, 0.15) is 34.6 Å². The molecule has 0 spiro atoms. The predicted octanol–water partition coefficient (Wildman–Crippen LogP) is 3.62. The molecule has 0 bridgehead atoms. The average Bonchev–Trinajstić information content (AvgIpc) is 2.50. The quantitative estimate of drug-likeness (QED) is 0.937. The number of likely N-dealkylation sites (tertiary alicyclic amines) is 1. The molecule has 0 saturated carbocycles. The van der Waals surface area contributed by atoms with E-state index in [2.05, 4.69) is 67.3 Å². The third-order valence-electron chi connectivity index (χ3n) is 4.72. The molecule has 1 aliphatic rings. The summed E-state index contributed by atoms with van der Waals surface area (Å²) in [4.78, 5) is 2.52. The van der Waals surface area contributed by atoms with Gasteiger partial charge in [0.15, 0.2) is 0 Å². The molecule has 2 aromatic rings. The molecule has 0 aliphatic carbocycles. The van der Waals surface area contributed by atoms with E-state index < -0.39 is 0 Å². The fraction of sp³-hybridized carbons (Fsp3) is 0.400. The van der Waals surface area contributed by atoms with E-state index in [0.29, 0.717) is 5.92 Å². The van der Waals surface area contributed by atoms with Crippen LogP contribution in [0.2, 0.25) is 0 Å². The molecule has 0 amide bonds. The van der Waals surface area contributed by atoms with Gasteiger partial charge in [-0.2, -0.15) is 0 Å². The minimum absolute atomic E-state index is 0.268. The maximum absolute atomic E-state index is 6.33. The van der Waals surface area contributed by atoms with Gasteiger partial charge in [-0.15, -0.1) is 0 Å². The van der Waals surface area contributed by atoms with E-state index in [9.17, 15) is 0 Å². The Labute approximate surface area is 134 Å². The highest BCUT2D eigenvalue weighted by molar-refractivity contribution is 5.30. The van der Waals surface area contributed by atoms with Gasteiger partial charge in [0.25, 0.3) is 0 Å². The summed E-state index contributed by atoms with van der Waals surface area (Å²) in [5.74, 6) is 0.552. The van der Waals surface area contributed by atoms with Crippen molar-refractivity contribution in [3.8, 4) is 0 Å². The highest BCUT2D eigenvalue weighted by atomic mass is 15.1. The van der Waals surface area contributed by atoms with Gasteiger partial charge in [-0.1, -0.05) is 54.1 Å². The molecule has 0 aromatic heterocycles.